The Kier molecular flexibility index (Phi) is 6.68. The van der Waals surface area contributed by atoms with Crippen molar-refractivity contribution in [2.75, 3.05) is 11.1 Å². The number of rotatable bonds is 8. The number of ether oxygens (including phenoxy) is 1. The minimum atomic E-state index is -0.507. The van der Waals surface area contributed by atoms with Crippen molar-refractivity contribution in [1.29, 1.82) is 0 Å². The van der Waals surface area contributed by atoms with Crippen LogP contribution in [0.2, 0.25) is 5.02 Å². The van der Waals surface area contributed by atoms with Crippen molar-refractivity contribution in [2.24, 2.45) is 0 Å². The Morgan fingerprint density at radius 1 is 1.28 bits per heavy atom. The van der Waals surface area contributed by atoms with Gasteiger partial charge in [0.25, 0.3) is 16.8 Å². The van der Waals surface area contributed by atoms with E-state index in [9.17, 15) is 14.9 Å². The van der Waals surface area contributed by atoms with Crippen molar-refractivity contribution in [2.45, 2.75) is 18.8 Å². The highest BCUT2D eigenvalue weighted by Crippen LogP contribution is 2.23. The molecule has 2 aromatic carbocycles. The monoisotopic (exact) mass is 434 g/mol. The van der Waals surface area contributed by atoms with Crippen LogP contribution in [0, 0.1) is 17.0 Å². The van der Waals surface area contributed by atoms with Gasteiger partial charge in [-0.05, 0) is 42.8 Å². The van der Waals surface area contributed by atoms with Crippen LogP contribution >= 0.6 is 23.4 Å². The average molecular weight is 435 g/mol. The molecule has 0 spiro atoms. The Hall–Kier alpha value is -3.11. The third-order valence-electron chi connectivity index (χ3n) is 3.63. The molecule has 0 fully saturated rings. The number of nitrogens with zero attached hydrogens (tertiary/aromatic N) is 3. The standard InChI is InChI=1S/C18H15ClN4O5S/c1-11-8-12(19)2-7-15(11)27-9-17-21-22-18(28-17)29-10-16(24)20-13-3-5-14(6-4-13)23(25)26/h2-8H,9-10H2,1H3,(H,20,24). The number of non-ortho nitro benzene ring substituents is 1. The van der Waals surface area contributed by atoms with Gasteiger partial charge >= 0.3 is 0 Å². The molecule has 1 aromatic heterocycles. The van der Waals surface area contributed by atoms with E-state index in [1.54, 1.807) is 18.2 Å². The molecule has 1 amide bonds. The molecule has 0 aliphatic rings. The molecule has 11 heteroatoms. The van der Waals surface area contributed by atoms with Crippen LogP contribution in [0.15, 0.2) is 52.1 Å². The molecule has 150 valence electrons. The molecule has 1 N–H and O–H groups in total. The fraction of sp³-hybridized carbons (Fsp3) is 0.167. The molecule has 9 nitrogen and oxygen atoms in total. The zero-order chi connectivity index (χ0) is 20.8. The van der Waals surface area contributed by atoms with Gasteiger partial charge in [-0.25, -0.2) is 0 Å². The lowest BCUT2D eigenvalue weighted by molar-refractivity contribution is -0.384. The number of hydrogen-bond donors (Lipinski definition) is 1. The van der Waals surface area contributed by atoms with Gasteiger partial charge < -0.3 is 14.5 Å². The van der Waals surface area contributed by atoms with Crippen LogP contribution in [0.1, 0.15) is 11.5 Å². The normalized spacial score (nSPS) is 10.6. The number of amides is 1. The van der Waals surface area contributed by atoms with E-state index in [0.29, 0.717) is 16.5 Å². The largest absolute Gasteiger partial charge is 0.484 e. The van der Waals surface area contributed by atoms with E-state index in [1.165, 1.54) is 24.3 Å². The Morgan fingerprint density at radius 2 is 2.03 bits per heavy atom. The van der Waals surface area contributed by atoms with Crippen molar-refractivity contribution in [3.05, 3.63) is 69.1 Å². The molecule has 0 aliphatic heterocycles. The lowest BCUT2D eigenvalue weighted by Gasteiger charge is -2.06. The summed E-state index contributed by atoms with van der Waals surface area (Å²) in [5.74, 6) is 0.661. The number of carbonyl (C=O) groups excluding carboxylic acids is 1. The van der Waals surface area contributed by atoms with E-state index in [-0.39, 0.29) is 35.1 Å². The Labute approximate surface area is 174 Å². The number of hydrogen-bond acceptors (Lipinski definition) is 8. The zero-order valence-electron chi connectivity index (χ0n) is 15.1. The summed E-state index contributed by atoms with van der Waals surface area (Å²) in [6, 6.07) is 10.8. The summed E-state index contributed by atoms with van der Waals surface area (Å²) in [6.45, 7) is 1.96. The Bertz CT molecular complexity index is 1030. The highest BCUT2D eigenvalue weighted by molar-refractivity contribution is 7.99. The quantitative estimate of drug-likeness (QED) is 0.317. The van der Waals surface area contributed by atoms with Crippen LogP contribution < -0.4 is 10.1 Å². The second kappa shape index (κ2) is 9.39. The first-order valence-corrected chi connectivity index (χ1v) is 9.65. The van der Waals surface area contributed by atoms with Crippen molar-refractivity contribution in [1.82, 2.24) is 10.2 Å². The lowest BCUT2D eigenvalue weighted by atomic mass is 10.2. The number of carbonyl (C=O) groups is 1. The first-order chi connectivity index (χ1) is 13.9. The molecule has 0 saturated heterocycles. The van der Waals surface area contributed by atoms with Gasteiger partial charge in [-0.3, -0.25) is 14.9 Å². The first-order valence-electron chi connectivity index (χ1n) is 8.29. The second-order valence-electron chi connectivity index (χ2n) is 5.80. The maximum Gasteiger partial charge on any atom is 0.277 e. The number of anilines is 1. The first kappa shape index (κ1) is 20.6. The molecule has 0 bridgehead atoms. The fourth-order valence-corrected chi connectivity index (χ4v) is 3.07. The highest BCUT2D eigenvalue weighted by Gasteiger charge is 2.12. The smallest absolute Gasteiger partial charge is 0.277 e. The van der Waals surface area contributed by atoms with Crippen LogP contribution in [-0.2, 0) is 11.4 Å². The average Bonchev–Trinajstić information content (AvgIpc) is 3.14. The van der Waals surface area contributed by atoms with E-state index >= 15 is 0 Å². The van der Waals surface area contributed by atoms with Crippen molar-refractivity contribution >= 4 is 40.6 Å². The molecule has 0 unspecified atom stereocenters. The number of thioether (sulfide) groups is 1. The molecule has 0 saturated carbocycles. The SMILES string of the molecule is Cc1cc(Cl)ccc1OCc1nnc(SCC(=O)Nc2ccc([N+](=O)[O-])cc2)o1. The minimum Gasteiger partial charge on any atom is -0.484 e. The summed E-state index contributed by atoms with van der Waals surface area (Å²) >= 11 is 6.98. The predicted octanol–water partition coefficient (Wildman–Crippen LogP) is 4.25. The molecule has 0 radical (unpaired) electrons. The maximum atomic E-state index is 12.0. The van der Waals surface area contributed by atoms with Crippen molar-refractivity contribution in [3.8, 4) is 5.75 Å². The van der Waals surface area contributed by atoms with Gasteiger partial charge in [0.2, 0.25) is 5.91 Å². The van der Waals surface area contributed by atoms with Crippen LogP contribution in [0.4, 0.5) is 11.4 Å². The van der Waals surface area contributed by atoms with E-state index in [2.05, 4.69) is 15.5 Å². The van der Waals surface area contributed by atoms with Gasteiger partial charge in [-0.1, -0.05) is 23.4 Å². The van der Waals surface area contributed by atoms with E-state index in [4.69, 9.17) is 20.8 Å². The minimum absolute atomic E-state index is 0.0375. The molecular weight excluding hydrogens is 420 g/mol. The number of halogens is 1. The third kappa shape index (κ3) is 5.93. The molecule has 1 heterocycles. The highest BCUT2D eigenvalue weighted by atomic mass is 35.5. The van der Waals surface area contributed by atoms with Crippen molar-refractivity contribution < 1.29 is 18.9 Å². The fourth-order valence-electron chi connectivity index (χ4n) is 2.26. The van der Waals surface area contributed by atoms with Gasteiger partial charge in [0.1, 0.15) is 5.75 Å². The molecule has 0 atom stereocenters. The second-order valence-corrected chi connectivity index (χ2v) is 7.16. The number of aryl methyl sites for hydroxylation is 1. The number of nitro benzene ring substituents is 1. The molecular formula is C18H15ClN4O5S. The molecule has 0 aliphatic carbocycles. The zero-order valence-corrected chi connectivity index (χ0v) is 16.7. The van der Waals surface area contributed by atoms with Gasteiger partial charge in [0.15, 0.2) is 6.61 Å². The van der Waals surface area contributed by atoms with Crippen LogP contribution in [-0.4, -0.2) is 26.8 Å². The summed E-state index contributed by atoms with van der Waals surface area (Å²) in [7, 11) is 0. The van der Waals surface area contributed by atoms with Gasteiger partial charge in [0, 0.05) is 22.8 Å². The lowest BCUT2D eigenvalue weighted by Crippen LogP contribution is -2.13. The van der Waals surface area contributed by atoms with E-state index in [1.807, 2.05) is 6.92 Å². The van der Waals surface area contributed by atoms with E-state index in [0.717, 1.165) is 17.3 Å². The molecule has 3 aromatic rings. The van der Waals surface area contributed by atoms with Crippen LogP contribution in [0.5, 0.6) is 5.75 Å². The summed E-state index contributed by atoms with van der Waals surface area (Å²) in [5.41, 5.74) is 1.29. The predicted molar refractivity (Wildman–Crippen MR) is 107 cm³/mol. The van der Waals surface area contributed by atoms with Gasteiger partial charge in [-0.15, -0.1) is 10.2 Å². The summed E-state index contributed by atoms with van der Waals surface area (Å²) in [4.78, 5) is 22.1. The number of nitrogens with one attached hydrogen (secondary N) is 1. The van der Waals surface area contributed by atoms with Crippen LogP contribution in [0.25, 0.3) is 0 Å². The molecule has 3 rings (SSSR count). The number of nitro groups is 1. The number of benzene rings is 2. The van der Waals surface area contributed by atoms with E-state index < -0.39 is 4.92 Å². The van der Waals surface area contributed by atoms with Gasteiger partial charge in [0.05, 0.1) is 10.7 Å². The molecule has 29 heavy (non-hydrogen) atoms. The topological polar surface area (TPSA) is 120 Å². The Balaban J connectivity index is 1.47. The number of aromatic nitrogens is 2. The third-order valence-corrected chi connectivity index (χ3v) is 4.68. The van der Waals surface area contributed by atoms with Crippen molar-refractivity contribution in [3.63, 3.8) is 0 Å². The summed E-state index contributed by atoms with van der Waals surface area (Å²) < 4.78 is 11.1. The Morgan fingerprint density at radius 3 is 2.72 bits per heavy atom. The summed E-state index contributed by atoms with van der Waals surface area (Å²) in [6.07, 6.45) is 0. The maximum absolute atomic E-state index is 12.0. The van der Waals surface area contributed by atoms with Gasteiger partial charge in [-0.2, -0.15) is 0 Å². The summed E-state index contributed by atoms with van der Waals surface area (Å²) in [5, 5.41) is 21.9. The van der Waals surface area contributed by atoms with Crippen LogP contribution in [0.3, 0.4) is 0 Å².